The van der Waals surface area contributed by atoms with Crippen LogP contribution in [0.1, 0.15) is 12.8 Å². The summed E-state index contributed by atoms with van der Waals surface area (Å²) in [5, 5.41) is 7.77. The van der Waals surface area contributed by atoms with Crippen LogP contribution in [0.25, 0.3) is 11.7 Å². The molecule has 0 atom stereocenters. The molecule has 0 bridgehead atoms. The Balaban J connectivity index is 1.86. The number of benzene rings is 1. The molecule has 1 N–H and O–H groups in total. The third kappa shape index (κ3) is 3.38. The number of nitrogens with zero attached hydrogens (tertiary/aromatic N) is 2. The Morgan fingerprint density at radius 1 is 1.17 bits per heavy atom. The number of sulfonamides is 1. The number of hydrogen-bond donors (Lipinski definition) is 1. The highest BCUT2D eigenvalue weighted by atomic mass is 35.5. The van der Waals surface area contributed by atoms with E-state index in [2.05, 4.69) is 14.9 Å². The molecule has 7 nitrogen and oxygen atoms in total. The molecule has 120 valence electrons. The number of anilines is 1. The van der Waals surface area contributed by atoms with Crippen molar-refractivity contribution in [2.45, 2.75) is 18.4 Å². The molecule has 0 radical (unpaired) electrons. The van der Waals surface area contributed by atoms with Crippen molar-refractivity contribution in [3.8, 4) is 11.7 Å². The Morgan fingerprint density at radius 3 is 2.70 bits per heavy atom. The molecular formula is C14H12ClN3O4S. The van der Waals surface area contributed by atoms with Gasteiger partial charge in [0.25, 0.3) is 15.9 Å². The van der Waals surface area contributed by atoms with Crippen molar-refractivity contribution in [1.29, 1.82) is 0 Å². The maximum atomic E-state index is 12.3. The standard InChI is InChI=1S/C14H12ClN3O4S/c1-2-12-16-17-14(22-12)11-6-7-13(21-11)23(19,20)18-10-5-3-4-9(15)8-10/h3-8,18H,2H2,1H3. The molecule has 0 spiro atoms. The minimum absolute atomic E-state index is 0.131. The Morgan fingerprint density at radius 2 is 2.00 bits per heavy atom. The van der Waals surface area contributed by atoms with Crippen LogP contribution in [0.4, 0.5) is 5.69 Å². The quantitative estimate of drug-likeness (QED) is 0.755. The van der Waals surface area contributed by atoms with Gasteiger partial charge >= 0.3 is 0 Å². The van der Waals surface area contributed by atoms with E-state index in [9.17, 15) is 8.42 Å². The second-order valence-electron chi connectivity index (χ2n) is 4.59. The van der Waals surface area contributed by atoms with Crippen molar-refractivity contribution in [3.05, 3.63) is 47.3 Å². The van der Waals surface area contributed by atoms with Crippen molar-refractivity contribution >= 4 is 27.3 Å². The second-order valence-corrected chi connectivity index (χ2v) is 6.64. The summed E-state index contributed by atoms with van der Waals surface area (Å²) in [6.07, 6.45) is 0.579. The lowest BCUT2D eigenvalue weighted by atomic mass is 10.3. The molecule has 0 fully saturated rings. The zero-order valence-electron chi connectivity index (χ0n) is 12.0. The van der Waals surface area contributed by atoms with E-state index < -0.39 is 10.0 Å². The van der Waals surface area contributed by atoms with Gasteiger partial charge in [0.2, 0.25) is 11.0 Å². The van der Waals surface area contributed by atoms with E-state index >= 15 is 0 Å². The number of hydrogen-bond acceptors (Lipinski definition) is 6. The lowest BCUT2D eigenvalue weighted by molar-refractivity contribution is 0.436. The number of aromatic nitrogens is 2. The molecule has 0 saturated carbocycles. The topological polar surface area (TPSA) is 98.2 Å². The maximum absolute atomic E-state index is 12.3. The third-order valence-corrected chi connectivity index (χ3v) is 4.39. The van der Waals surface area contributed by atoms with Gasteiger partial charge in [-0.15, -0.1) is 10.2 Å². The van der Waals surface area contributed by atoms with E-state index in [-0.39, 0.29) is 16.7 Å². The number of aryl methyl sites for hydroxylation is 1. The molecule has 0 amide bonds. The van der Waals surface area contributed by atoms with E-state index in [4.69, 9.17) is 20.4 Å². The van der Waals surface area contributed by atoms with Gasteiger partial charge in [-0.25, -0.2) is 0 Å². The fourth-order valence-electron chi connectivity index (χ4n) is 1.83. The first kappa shape index (κ1) is 15.6. The van der Waals surface area contributed by atoms with Gasteiger partial charge in [-0.2, -0.15) is 8.42 Å². The third-order valence-electron chi connectivity index (χ3n) is 2.90. The lowest BCUT2D eigenvalue weighted by Gasteiger charge is -2.05. The summed E-state index contributed by atoms with van der Waals surface area (Å²) in [7, 11) is -3.88. The minimum Gasteiger partial charge on any atom is -0.438 e. The van der Waals surface area contributed by atoms with E-state index in [1.165, 1.54) is 18.2 Å². The molecule has 9 heteroatoms. The fourth-order valence-corrected chi connectivity index (χ4v) is 3.01. The normalized spacial score (nSPS) is 11.6. The molecule has 23 heavy (non-hydrogen) atoms. The van der Waals surface area contributed by atoms with Gasteiger partial charge in [0.05, 0.1) is 5.69 Å². The van der Waals surface area contributed by atoms with Crippen molar-refractivity contribution < 1.29 is 17.3 Å². The van der Waals surface area contributed by atoms with Crippen LogP contribution in [0.3, 0.4) is 0 Å². The minimum atomic E-state index is -3.88. The highest BCUT2D eigenvalue weighted by Gasteiger charge is 2.21. The summed E-state index contributed by atoms with van der Waals surface area (Å²) < 4.78 is 37.6. The van der Waals surface area contributed by atoms with Crippen LogP contribution in [-0.2, 0) is 16.4 Å². The molecule has 0 unspecified atom stereocenters. The van der Waals surface area contributed by atoms with Gasteiger partial charge in [-0.3, -0.25) is 4.72 Å². The SMILES string of the molecule is CCc1nnc(-c2ccc(S(=O)(=O)Nc3cccc(Cl)c3)o2)o1. The number of rotatable bonds is 5. The molecule has 3 aromatic rings. The van der Waals surface area contributed by atoms with Crippen LogP contribution in [0.15, 0.2) is 50.3 Å². The van der Waals surface area contributed by atoms with Crippen molar-refractivity contribution in [1.82, 2.24) is 10.2 Å². The molecule has 0 aliphatic heterocycles. The van der Waals surface area contributed by atoms with Crippen LogP contribution < -0.4 is 4.72 Å². The lowest BCUT2D eigenvalue weighted by Crippen LogP contribution is -2.11. The van der Waals surface area contributed by atoms with Gasteiger partial charge < -0.3 is 8.83 Å². The van der Waals surface area contributed by atoms with Gasteiger partial charge in [0.15, 0.2) is 5.76 Å². The Kier molecular flexibility index (Phi) is 4.10. The summed E-state index contributed by atoms with van der Waals surface area (Å²) in [4.78, 5) is 0. The summed E-state index contributed by atoms with van der Waals surface area (Å²) >= 11 is 5.83. The monoisotopic (exact) mass is 353 g/mol. The van der Waals surface area contributed by atoms with Crippen LogP contribution in [0.5, 0.6) is 0 Å². The largest absolute Gasteiger partial charge is 0.438 e. The molecule has 1 aromatic carbocycles. The molecule has 3 rings (SSSR count). The predicted molar refractivity (Wildman–Crippen MR) is 83.6 cm³/mol. The van der Waals surface area contributed by atoms with Crippen LogP contribution in [0.2, 0.25) is 5.02 Å². The first-order valence-electron chi connectivity index (χ1n) is 6.69. The van der Waals surface area contributed by atoms with E-state index in [0.29, 0.717) is 23.0 Å². The first-order valence-corrected chi connectivity index (χ1v) is 8.55. The van der Waals surface area contributed by atoms with E-state index in [1.807, 2.05) is 6.92 Å². The summed E-state index contributed by atoms with van der Waals surface area (Å²) in [6.45, 7) is 1.87. The summed E-state index contributed by atoms with van der Waals surface area (Å²) in [5.41, 5.74) is 0.335. The van der Waals surface area contributed by atoms with Crippen LogP contribution in [0, 0.1) is 0 Å². The van der Waals surface area contributed by atoms with Gasteiger partial charge in [-0.05, 0) is 30.3 Å². The fraction of sp³-hybridized carbons (Fsp3) is 0.143. The highest BCUT2D eigenvalue weighted by molar-refractivity contribution is 7.92. The zero-order valence-corrected chi connectivity index (χ0v) is 13.6. The smallest absolute Gasteiger partial charge is 0.295 e. The van der Waals surface area contributed by atoms with Crippen molar-refractivity contribution in [3.63, 3.8) is 0 Å². The molecule has 2 aromatic heterocycles. The summed E-state index contributed by atoms with van der Waals surface area (Å²) in [6, 6.07) is 9.13. The van der Waals surface area contributed by atoms with Gasteiger partial charge in [0, 0.05) is 11.4 Å². The van der Waals surface area contributed by atoms with Crippen LogP contribution >= 0.6 is 11.6 Å². The number of nitrogens with one attached hydrogen (secondary N) is 1. The maximum Gasteiger partial charge on any atom is 0.295 e. The average Bonchev–Trinajstić information content (AvgIpc) is 3.16. The molecule has 2 heterocycles. The van der Waals surface area contributed by atoms with E-state index in [1.54, 1.807) is 18.2 Å². The van der Waals surface area contributed by atoms with Gasteiger partial charge in [0.1, 0.15) is 0 Å². The Bertz CT molecular complexity index is 933. The molecule has 0 aliphatic carbocycles. The molecule has 0 aliphatic rings. The van der Waals surface area contributed by atoms with E-state index in [0.717, 1.165) is 0 Å². The Hall–Kier alpha value is -2.32. The number of furan rings is 1. The van der Waals surface area contributed by atoms with Gasteiger partial charge in [-0.1, -0.05) is 24.6 Å². The highest BCUT2D eigenvalue weighted by Crippen LogP contribution is 2.25. The summed E-state index contributed by atoms with van der Waals surface area (Å²) in [5.74, 6) is 0.757. The van der Waals surface area contributed by atoms with Crippen molar-refractivity contribution in [2.75, 3.05) is 4.72 Å². The molecular weight excluding hydrogens is 342 g/mol. The van der Waals surface area contributed by atoms with Crippen molar-refractivity contribution in [2.24, 2.45) is 0 Å². The Labute approximate surface area is 137 Å². The predicted octanol–water partition coefficient (Wildman–Crippen LogP) is 3.35. The second kappa shape index (κ2) is 6.05. The zero-order chi connectivity index (χ0) is 16.4. The van der Waals surface area contributed by atoms with Crippen LogP contribution in [-0.4, -0.2) is 18.6 Å². The average molecular weight is 354 g/mol. The first-order chi connectivity index (χ1) is 11.0. The molecule has 0 saturated heterocycles. The number of halogens is 1.